The third-order valence-corrected chi connectivity index (χ3v) is 4.12. The Morgan fingerprint density at radius 3 is 2.84 bits per heavy atom. The highest BCUT2D eigenvalue weighted by Gasteiger charge is 2.20. The Morgan fingerprint density at radius 1 is 1.21 bits per heavy atom. The molecule has 1 N–H and O–H groups in total. The molecule has 19 heavy (non-hydrogen) atoms. The van der Waals surface area contributed by atoms with Crippen LogP contribution in [0.3, 0.4) is 0 Å². The van der Waals surface area contributed by atoms with E-state index in [2.05, 4.69) is 38.2 Å². The molecule has 3 rings (SSSR count). The molecule has 0 unspecified atom stereocenters. The van der Waals surface area contributed by atoms with Gasteiger partial charge in [0.1, 0.15) is 0 Å². The fourth-order valence-electron chi connectivity index (χ4n) is 3.34. The van der Waals surface area contributed by atoms with E-state index in [0.717, 1.165) is 19.5 Å². The van der Waals surface area contributed by atoms with Crippen LogP contribution in [0.25, 0.3) is 10.9 Å². The van der Waals surface area contributed by atoms with Crippen molar-refractivity contribution >= 4 is 10.9 Å². The van der Waals surface area contributed by atoms with Gasteiger partial charge in [-0.05, 0) is 68.0 Å². The highest BCUT2D eigenvalue weighted by Crippen LogP contribution is 2.32. The summed E-state index contributed by atoms with van der Waals surface area (Å²) in [5.74, 6) is 0. The lowest BCUT2D eigenvalue weighted by Gasteiger charge is -2.15. The molecule has 0 atom stereocenters. The van der Waals surface area contributed by atoms with Gasteiger partial charge in [0.15, 0.2) is 0 Å². The smallest absolute Gasteiger partial charge is 0.0714 e. The first-order valence-electron chi connectivity index (χ1n) is 7.33. The average molecular weight is 254 g/mol. The number of benzene rings is 1. The largest absolute Gasteiger partial charge is 0.313 e. The Morgan fingerprint density at radius 2 is 2.05 bits per heavy atom. The molecule has 100 valence electrons. The summed E-state index contributed by atoms with van der Waals surface area (Å²) in [5, 5.41) is 4.88. The molecule has 2 heteroatoms. The molecule has 0 radical (unpaired) electrons. The second-order valence-corrected chi connectivity index (χ2v) is 5.63. The van der Waals surface area contributed by atoms with E-state index in [0.29, 0.717) is 0 Å². The Kier molecular flexibility index (Phi) is 3.28. The topological polar surface area (TPSA) is 24.9 Å². The molecular weight excluding hydrogens is 232 g/mol. The molecule has 1 aromatic carbocycles. The zero-order valence-electron chi connectivity index (χ0n) is 12.1. The van der Waals surface area contributed by atoms with Crippen LogP contribution < -0.4 is 5.32 Å². The molecule has 0 aliphatic heterocycles. The SMILES string of the molecule is CCNCc1c2c(nc3cc(C)cc(C)c13)CCC2. The Hall–Kier alpha value is -1.41. The van der Waals surface area contributed by atoms with Gasteiger partial charge in [0.2, 0.25) is 0 Å². The first-order chi connectivity index (χ1) is 9.20. The second-order valence-electron chi connectivity index (χ2n) is 5.63. The normalized spacial score (nSPS) is 14.1. The van der Waals surface area contributed by atoms with Crippen molar-refractivity contribution < 1.29 is 0 Å². The van der Waals surface area contributed by atoms with Gasteiger partial charge in [-0.15, -0.1) is 0 Å². The summed E-state index contributed by atoms with van der Waals surface area (Å²) in [5.41, 5.74) is 8.21. The van der Waals surface area contributed by atoms with Crippen molar-refractivity contribution in [2.75, 3.05) is 6.54 Å². The number of hydrogen-bond donors (Lipinski definition) is 1. The van der Waals surface area contributed by atoms with Crippen LogP contribution in [-0.4, -0.2) is 11.5 Å². The molecule has 2 nitrogen and oxygen atoms in total. The van der Waals surface area contributed by atoms with Crippen molar-refractivity contribution in [2.24, 2.45) is 0 Å². The molecular formula is C17H22N2. The van der Waals surface area contributed by atoms with Gasteiger partial charge in [0.25, 0.3) is 0 Å². The zero-order chi connectivity index (χ0) is 13.4. The fourth-order valence-corrected chi connectivity index (χ4v) is 3.34. The predicted octanol–water partition coefficient (Wildman–Crippen LogP) is 3.45. The van der Waals surface area contributed by atoms with Gasteiger partial charge in [-0.2, -0.15) is 0 Å². The fraction of sp³-hybridized carbons (Fsp3) is 0.471. The Bertz CT molecular complexity index is 629. The average Bonchev–Trinajstić information content (AvgIpc) is 2.82. The number of hydrogen-bond acceptors (Lipinski definition) is 2. The summed E-state index contributed by atoms with van der Waals surface area (Å²) in [4.78, 5) is 4.92. The van der Waals surface area contributed by atoms with Crippen molar-refractivity contribution in [3.8, 4) is 0 Å². The summed E-state index contributed by atoms with van der Waals surface area (Å²) in [7, 11) is 0. The lowest BCUT2D eigenvalue weighted by molar-refractivity contribution is 0.724. The van der Waals surface area contributed by atoms with E-state index in [1.807, 2.05) is 0 Å². The molecule has 0 fully saturated rings. The zero-order valence-corrected chi connectivity index (χ0v) is 12.1. The van der Waals surface area contributed by atoms with E-state index < -0.39 is 0 Å². The third-order valence-electron chi connectivity index (χ3n) is 4.12. The highest BCUT2D eigenvalue weighted by molar-refractivity contribution is 5.87. The minimum absolute atomic E-state index is 0.974. The minimum Gasteiger partial charge on any atom is -0.313 e. The number of aryl methyl sites for hydroxylation is 3. The monoisotopic (exact) mass is 254 g/mol. The first kappa shape index (κ1) is 12.6. The van der Waals surface area contributed by atoms with Crippen LogP contribution in [0, 0.1) is 13.8 Å². The second kappa shape index (κ2) is 4.93. The molecule has 0 saturated carbocycles. The number of aromatic nitrogens is 1. The van der Waals surface area contributed by atoms with Crippen molar-refractivity contribution in [1.29, 1.82) is 0 Å². The van der Waals surface area contributed by atoms with Crippen molar-refractivity contribution in [1.82, 2.24) is 10.3 Å². The molecule has 0 bridgehead atoms. The van der Waals surface area contributed by atoms with Gasteiger partial charge >= 0.3 is 0 Å². The summed E-state index contributed by atoms with van der Waals surface area (Å²) in [6, 6.07) is 4.51. The van der Waals surface area contributed by atoms with E-state index >= 15 is 0 Å². The molecule has 1 aliphatic rings. The third kappa shape index (κ3) is 2.14. The van der Waals surface area contributed by atoms with Crippen molar-refractivity contribution in [3.63, 3.8) is 0 Å². The molecule has 1 aliphatic carbocycles. The molecule has 0 amide bonds. The van der Waals surface area contributed by atoms with Gasteiger partial charge in [-0.25, -0.2) is 0 Å². The number of rotatable bonds is 3. The minimum atomic E-state index is 0.974. The molecule has 0 spiro atoms. The molecule has 0 saturated heterocycles. The van der Waals surface area contributed by atoms with Gasteiger partial charge in [-0.3, -0.25) is 4.98 Å². The maximum atomic E-state index is 4.92. The van der Waals surface area contributed by atoms with Gasteiger partial charge < -0.3 is 5.32 Å². The van der Waals surface area contributed by atoms with Crippen LogP contribution in [0.4, 0.5) is 0 Å². The van der Waals surface area contributed by atoms with E-state index in [9.17, 15) is 0 Å². The molecule has 1 aromatic heterocycles. The maximum absolute atomic E-state index is 4.92. The lowest BCUT2D eigenvalue weighted by atomic mass is 9.96. The maximum Gasteiger partial charge on any atom is 0.0714 e. The van der Waals surface area contributed by atoms with Crippen molar-refractivity contribution in [2.45, 2.75) is 46.6 Å². The summed E-state index contributed by atoms with van der Waals surface area (Å²) >= 11 is 0. The van der Waals surface area contributed by atoms with E-state index in [1.54, 1.807) is 0 Å². The van der Waals surface area contributed by atoms with Crippen LogP contribution in [0.2, 0.25) is 0 Å². The van der Waals surface area contributed by atoms with Crippen LogP contribution >= 0.6 is 0 Å². The predicted molar refractivity (Wildman–Crippen MR) is 80.6 cm³/mol. The Labute approximate surface area is 115 Å². The van der Waals surface area contributed by atoms with Crippen LogP contribution in [0.1, 0.15) is 41.3 Å². The van der Waals surface area contributed by atoms with Crippen molar-refractivity contribution in [3.05, 3.63) is 40.1 Å². The van der Waals surface area contributed by atoms with E-state index in [4.69, 9.17) is 4.98 Å². The number of fused-ring (bicyclic) bond motifs is 2. The summed E-state index contributed by atoms with van der Waals surface area (Å²) in [6.45, 7) is 8.53. The van der Waals surface area contributed by atoms with Crippen LogP contribution in [0.15, 0.2) is 12.1 Å². The van der Waals surface area contributed by atoms with Crippen LogP contribution in [0.5, 0.6) is 0 Å². The Balaban J connectivity index is 2.28. The van der Waals surface area contributed by atoms with Gasteiger partial charge in [-0.1, -0.05) is 13.0 Å². The summed E-state index contributed by atoms with van der Waals surface area (Å²) in [6.07, 6.45) is 3.61. The summed E-state index contributed by atoms with van der Waals surface area (Å²) < 4.78 is 0. The highest BCUT2D eigenvalue weighted by atomic mass is 14.8. The number of nitrogens with zero attached hydrogens (tertiary/aromatic N) is 1. The van der Waals surface area contributed by atoms with Crippen LogP contribution in [-0.2, 0) is 19.4 Å². The van der Waals surface area contributed by atoms with E-state index in [1.165, 1.54) is 51.7 Å². The molecule has 2 aromatic rings. The molecule has 1 heterocycles. The number of nitrogens with one attached hydrogen (secondary N) is 1. The first-order valence-corrected chi connectivity index (χ1v) is 7.33. The number of pyridine rings is 1. The van der Waals surface area contributed by atoms with Gasteiger partial charge in [0.05, 0.1) is 5.52 Å². The standard InChI is InChI=1S/C17H22N2/c1-4-18-10-14-13-6-5-7-15(13)19-16-9-11(2)8-12(3)17(14)16/h8-9,18H,4-7,10H2,1-3H3. The lowest BCUT2D eigenvalue weighted by Crippen LogP contribution is -2.14. The quantitative estimate of drug-likeness (QED) is 0.907. The van der Waals surface area contributed by atoms with E-state index in [-0.39, 0.29) is 0 Å². The van der Waals surface area contributed by atoms with Gasteiger partial charge in [0, 0.05) is 17.6 Å².